The lowest BCUT2D eigenvalue weighted by molar-refractivity contribution is -0.159. The fourth-order valence-electron chi connectivity index (χ4n) is 2.08. The number of carbonyl (C=O) groups excluding carboxylic acids is 1. The lowest BCUT2D eigenvalue weighted by Gasteiger charge is -2.30. The molecule has 8 heteroatoms. The van der Waals surface area contributed by atoms with Crippen LogP contribution in [0.1, 0.15) is 11.4 Å². The zero-order valence-corrected chi connectivity index (χ0v) is 12.1. The summed E-state index contributed by atoms with van der Waals surface area (Å²) >= 11 is 6.03. The first kappa shape index (κ1) is 14.8. The lowest BCUT2D eigenvalue weighted by atomic mass is 10.2. The third-order valence-corrected chi connectivity index (χ3v) is 3.82. The van der Waals surface area contributed by atoms with Gasteiger partial charge >= 0.3 is 5.97 Å². The molecule has 0 aromatic carbocycles. The van der Waals surface area contributed by atoms with Crippen LogP contribution < -0.4 is 0 Å². The van der Waals surface area contributed by atoms with Crippen molar-refractivity contribution in [2.75, 3.05) is 19.7 Å². The average Bonchev–Trinajstić information content (AvgIpc) is 2.66. The highest BCUT2D eigenvalue weighted by Crippen LogP contribution is 2.19. The van der Waals surface area contributed by atoms with Gasteiger partial charge in [0.15, 0.2) is 6.10 Å². The Bertz CT molecular complexity index is 543. The Kier molecular flexibility index (Phi) is 4.29. The normalized spacial score (nSPS) is 19.1. The molecule has 1 saturated heterocycles. The number of nitrogens with zero attached hydrogens (tertiary/aromatic N) is 3. The van der Waals surface area contributed by atoms with Gasteiger partial charge in [0.25, 0.3) is 0 Å². The Balaban J connectivity index is 2.04. The molecule has 1 fully saturated rings. The average molecular weight is 302 g/mol. The van der Waals surface area contributed by atoms with Crippen molar-refractivity contribution in [1.29, 1.82) is 0 Å². The van der Waals surface area contributed by atoms with E-state index in [1.807, 2.05) is 0 Å². The van der Waals surface area contributed by atoms with Crippen LogP contribution in [-0.4, -0.2) is 57.5 Å². The number of ether oxygens (including phenoxy) is 1. The standard InChI is InChI=1S/C12H16ClN3O4/c1-7-11(13)8(2)16(14-7)6-10(17)15-3-4-20-9(5-15)12(18)19/h9H,3-6H2,1-2H3,(H,18,19)/t9-/m1/s1. The Labute approximate surface area is 121 Å². The van der Waals surface area contributed by atoms with Crippen molar-refractivity contribution < 1.29 is 19.4 Å². The number of hydrogen-bond donors (Lipinski definition) is 1. The summed E-state index contributed by atoms with van der Waals surface area (Å²) < 4.78 is 6.61. The van der Waals surface area contributed by atoms with E-state index in [2.05, 4.69) is 5.10 Å². The molecule has 0 saturated carbocycles. The number of carboxylic acids is 1. The smallest absolute Gasteiger partial charge is 0.334 e. The van der Waals surface area contributed by atoms with Crippen molar-refractivity contribution in [2.24, 2.45) is 0 Å². The molecule has 1 aliphatic heterocycles. The van der Waals surface area contributed by atoms with Gasteiger partial charge in [-0.3, -0.25) is 9.48 Å². The number of aliphatic carboxylic acids is 1. The largest absolute Gasteiger partial charge is 0.479 e. The third kappa shape index (κ3) is 2.94. The van der Waals surface area contributed by atoms with Crippen LogP contribution in [0.2, 0.25) is 5.02 Å². The molecule has 20 heavy (non-hydrogen) atoms. The van der Waals surface area contributed by atoms with E-state index in [1.165, 1.54) is 9.58 Å². The van der Waals surface area contributed by atoms with Crippen LogP contribution in [0.3, 0.4) is 0 Å². The van der Waals surface area contributed by atoms with Crippen molar-refractivity contribution in [2.45, 2.75) is 26.5 Å². The highest BCUT2D eigenvalue weighted by atomic mass is 35.5. The number of carboxylic acid groups (broad SMARTS) is 1. The summed E-state index contributed by atoms with van der Waals surface area (Å²) in [6, 6.07) is 0. The number of halogens is 1. The molecule has 7 nitrogen and oxygen atoms in total. The second-order valence-corrected chi connectivity index (χ2v) is 5.06. The van der Waals surface area contributed by atoms with Crippen LogP contribution >= 0.6 is 11.6 Å². The molecule has 2 heterocycles. The minimum Gasteiger partial charge on any atom is -0.479 e. The molecule has 2 rings (SSSR count). The summed E-state index contributed by atoms with van der Waals surface area (Å²) in [6.07, 6.45) is -0.961. The van der Waals surface area contributed by atoms with Gasteiger partial charge in [0.2, 0.25) is 5.91 Å². The fourth-order valence-corrected chi connectivity index (χ4v) is 2.22. The molecule has 1 aromatic rings. The highest BCUT2D eigenvalue weighted by Gasteiger charge is 2.29. The van der Waals surface area contributed by atoms with Gasteiger partial charge in [0.1, 0.15) is 6.54 Å². The quantitative estimate of drug-likeness (QED) is 0.877. The molecule has 0 aliphatic carbocycles. The molecule has 1 aliphatic rings. The van der Waals surface area contributed by atoms with E-state index >= 15 is 0 Å². The topological polar surface area (TPSA) is 84.7 Å². The number of rotatable bonds is 3. The highest BCUT2D eigenvalue weighted by molar-refractivity contribution is 6.31. The molecule has 1 amide bonds. The van der Waals surface area contributed by atoms with E-state index in [0.717, 1.165) is 5.69 Å². The van der Waals surface area contributed by atoms with Crippen LogP contribution in [0.25, 0.3) is 0 Å². The summed E-state index contributed by atoms with van der Waals surface area (Å²) in [4.78, 5) is 24.5. The Morgan fingerprint density at radius 3 is 2.75 bits per heavy atom. The number of hydrogen-bond acceptors (Lipinski definition) is 4. The molecule has 1 atom stereocenters. The first-order valence-corrected chi connectivity index (χ1v) is 6.59. The third-order valence-electron chi connectivity index (χ3n) is 3.27. The van der Waals surface area contributed by atoms with Crippen molar-refractivity contribution in [1.82, 2.24) is 14.7 Å². The predicted molar refractivity (Wildman–Crippen MR) is 70.7 cm³/mol. The summed E-state index contributed by atoms with van der Waals surface area (Å²) in [7, 11) is 0. The minimum atomic E-state index is -1.06. The molecular weight excluding hydrogens is 286 g/mol. The monoisotopic (exact) mass is 301 g/mol. The summed E-state index contributed by atoms with van der Waals surface area (Å²) in [5.74, 6) is -1.25. The van der Waals surface area contributed by atoms with E-state index in [1.54, 1.807) is 13.8 Å². The molecule has 0 spiro atoms. The summed E-state index contributed by atoms with van der Waals surface area (Å²) in [5.41, 5.74) is 1.39. The number of aromatic nitrogens is 2. The molecule has 0 bridgehead atoms. The van der Waals surface area contributed by atoms with Crippen molar-refractivity contribution in [3.8, 4) is 0 Å². The maximum Gasteiger partial charge on any atom is 0.334 e. The zero-order valence-electron chi connectivity index (χ0n) is 11.3. The van der Waals surface area contributed by atoms with E-state index in [0.29, 0.717) is 17.3 Å². The van der Waals surface area contributed by atoms with Crippen LogP contribution in [0, 0.1) is 13.8 Å². The number of morpholine rings is 1. The van der Waals surface area contributed by atoms with Gasteiger partial charge in [0.05, 0.1) is 29.6 Å². The summed E-state index contributed by atoms with van der Waals surface area (Å²) in [6.45, 7) is 4.27. The SMILES string of the molecule is Cc1nn(CC(=O)N2CCO[C@@H](C(=O)O)C2)c(C)c1Cl. The molecule has 1 N–H and O–H groups in total. The Morgan fingerprint density at radius 1 is 1.50 bits per heavy atom. The first-order chi connectivity index (χ1) is 9.40. The number of amides is 1. The van der Waals surface area contributed by atoms with E-state index < -0.39 is 12.1 Å². The minimum absolute atomic E-state index is 0.0474. The van der Waals surface area contributed by atoms with Crippen LogP contribution in [0.4, 0.5) is 0 Å². The van der Waals surface area contributed by atoms with Gasteiger partial charge in [-0.1, -0.05) is 11.6 Å². The van der Waals surface area contributed by atoms with E-state index in [4.69, 9.17) is 21.4 Å². The second kappa shape index (κ2) is 5.80. The Morgan fingerprint density at radius 2 is 2.20 bits per heavy atom. The predicted octanol–water partition coefficient (Wildman–Crippen LogP) is 0.465. The van der Waals surface area contributed by atoms with Gasteiger partial charge in [-0.25, -0.2) is 4.79 Å². The van der Waals surface area contributed by atoms with E-state index in [9.17, 15) is 9.59 Å². The van der Waals surface area contributed by atoms with Gasteiger partial charge in [-0.05, 0) is 13.8 Å². The molecule has 110 valence electrons. The molecule has 0 radical (unpaired) electrons. The van der Waals surface area contributed by atoms with Crippen molar-refractivity contribution in [3.63, 3.8) is 0 Å². The van der Waals surface area contributed by atoms with Crippen molar-refractivity contribution in [3.05, 3.63) is 16.4 Å². The maximum atomic E-state index is 12.2. The second-order valence-electron chi connectivity index (χ2n) is 4.68. The number of aryl methyl sites for hydroxylation is 1. The van der Waals surface area contributed by atoms with Gasteiger partial charge < -0.3 is 14.7 Å². The van der Waals surface area contributed by atoms with Crippen molar-refractivity contribution >= 4 is 23.5 Å². The van der Waals surface area contributed by atoms with Gasteiger partial charge in [0, 0.05) is 6.54 Å². The van der Waals surface area contributed by atoms with Gasteiger partial charge in [-0.2, -0.15) is 5.10 Å². The zero-order chi connectivity index (χ0) is 14.9. The molecular formula is C12H16ClN3O4. The van der Waals surface area contributed by atoms with Crippen LogP contribution in [0.5, 0.6) is 0 Å². The van der Waals surface area contributed by atoms with Crippen LogP contribution in [-0.2, 0) is 20.9 Å². The van der Waals surface area contributed by atoms with Crippen LogP contribution in [0.15, 0.2) is 0 Å². The molecule has 1 aromatic heterocycles. The summed E-state index contributed by atoms with van der Waals surface area (Å²) in [5, 5.41) is 13.6. The maximum absolute atomic E-state index is 12.2. The fraction of sp³-hybridized carbons (Fsp3) is 0.583. The molecule has 0 unspecified atom stereocenters. The van der Waals surface area contributed by atoms with Gasteiger partial charge in [-0.15, -0.1) is 0 Å². The van der Waals surface area contributed by atoms with E-state index in [-0.39, 0.29) is 25.6 Å². The number of carbonyl (C=O) groups is 2. The lowest BCUT2D eigenvalue weighted by Crippen LogP contribution is -2.49. The first-order valence-electron chi connectivity index (χ1n) is 6.22. The Hall–Kier alpha value is -1.60.